The Hall–Kier alpha value is -0.540. The van der Waals surface area contributed by atoms with Crippen molar-refractivity contribution in [1.29, 1.82) is 0 Å². The monoisotopic (exact) mass is 357 g/mol. The van der Waals surface area contributed by atoms with Gasteiger partial charge in [-0.25, -0.2) is 0 Å². The third-order valence-corrected chi connectivity index (χ3v) is 4.18. The van der Waals surface area contributed by atoms with Gasteiger partial charge in [-0.3, -0.25) is 0 Å². The van der Waals surface area contributed by atoms with Crippen LogP contribution in [0.15, 0.2) is 46.9 Å². The molecule has 0 aliphatic carbocycles. The quantitative estimate of drug-likeness (QED) is 0.749. The van der Waals surface area contributed by atoms with E-state index in [-0.39, 0.29) is 6.04 Å². The Kier molecular flexibility index (Phi) is 5.28. The van der Waals surface area contributed by atoms with Crippen molar-refractivity contribution in [3.63, 3.8) is 0 Å². The van der Waals surface area contributed by atoms with Gasteiger partial charge < -0.3 is 5.32 Å². The fourth-order valence-electron chi connectivity index (χ4n) is 1.81. The minimum atomic E-state index is 0.270. The first-order chi connectivity index (χ1) is 9.06. The zero-order valence-electron chi connectivity index (χ0n) is 10.5. The summed E-state index contributed by atoms with van der Waals surface area (Å²) in [6.45, 7) is 2.89. The van der Waals surface area contributed by atoms with Crippen molar-refractivity contribution in [1.82, 2.24) is 5.32 Å². The molecule has 19 heavy (non-hydrogen) atoms. The molecule has 2 aromatic rings. The van der Waals surface area contributed by atoms with Crippen molar-refractivity contribution in [2.24, 2.45) is 0 Å². The van der Waals surface area contributed by atoms with Gasteiger partial charge in [0.25, 0.3) is 0 Å². The van der Waals surface area contributed by atoms with E-state index in [1.165, 1.54) is 5.56 Å². The van der Waals surface area contributed by atoms with Gasteiger partial charge in [-0.1, -0.05) is 57.3 Å². The molecule has 2 aromatic carbocycles. The maximum atomic E-state index is 6.00. The van der Waals surface area contributed by atoms with Crippen LogP contribution in [0.4, 0.5) is 0 Å². The Morgan fingerprint density at radius 2 is 1.89 bits per heavy atom. The summed E-state index contributed by atoms with van der Waals surface area (Å²) in [5.41, 5.74) is 2.37. The Morgan fingerprint density at radius 3 is 2.58 bits per heavy atom. The van der Waals surface area contributed by atoms with Crippen molar-refractivity contribution in [2.75, 3.05) is 0 Å². The number of nitrogens with one attached hydrogen (secondary N) is 1. The third kappa shape index (κ3) is 4.22. The zero-order valence-corrected chi connectivity index (χ0v) is 13.6. The fraction of sp³-hybridized carbons (Fsp3) is 0.200. The molecule has 0 bridgehead atoms. The number of benzene rings is 2. The second-order valence-corrected chi connectivity index (χ2v) is 6.14. The van der Waals surface area contributed by atoms with Crippen LogP contribution in [0.1, 0.15) is 24.1 Å². The SMILES string of the molecule is CC(NCc1ccc(Cl)c(Cl)c1)c1cccc(Br)c1. The molecule has 0 aromatic heterocycles. The van der Waals surface area contributed by atoms with Crippen LogP contribution in [0.2, 0.25) is 10.0 Å². The molecule has 1 N–H and O–H groups in total. The van der Waals surface area contributed by atoms with E-state index >= 15 is 0 Å². The highest BCUT2D eigenvalue weighted by atomic mass is 79.9. The standard InChI is InChI=1S/C15H14BrCl2N/c1-10(12-3-2-4-13(16)8-12)19-9-11-5-6-14(17)15(18)7-11/h2-8,10,19H,9H2,1H3. The normalized spacial score (nSPS) is 12.4. The highest BCUT2D eigenvalue weighted by Crippen LogP contribution is 2.23. The van der Waals surface area contributed by atoms with E-state index in [0.29, 0.717) is 10.0 Å². The molecule has 0 saturated heterocycles. The minimum absolute atomic E-state index is 0.270. The highest BCUT2D eigenvalue weighted by Gasteiger charge is 2.06. The molecule has 100 valence electrons. The van der Waals surface area contributed by atoms with Crippen molar-refractivity contribution in [3.8, 4) is 0 Å². The van der Waals surface area contributed by atoms with Crippen LogP contribution in [0, 0.1) is 0 Å². The smallest absolute Gasteiger partial charge is 0.0595 e. The molecule has 0 aliphatic heterocycles. The molecule has 0 heterocycles. The number of halogens is 3. The molecular weight excluding hydrogens is 345 g/mol. The Morgan fingerprint density at radius 1 is 1.11 bits per heavy atom. The summed E-state index contributed by atoms with van der Waals surface area (Å²) in [6.07, 6.45) is 0. The van der Waals surface area contributed by atoms with Gasteiger partial charge in [0.15, 0.2) is 0 Å². The molecule has 4 heteroatoms. The minimum Gasteiger partial charge on any atom is -0.306 e. The van der Waals surface area contributed by atoms with Crippen LogP contribution in [-0.2, 0) is 6.54 Å². The number of rotatable bonds is 4. The van der Waals surface area contributed by atoms with Crippen molar-refractivity contribution in [3.05, 3.63) is 68.1 Å². The van der Waals surface area contributed by atoms with Gasteiger partial charge in [0.1, 0.15) is 0 Å². The van der Waals surface area contributed by atoms with E-state index in [1.807, 2.05) is 30.3 Å². The first kappa shape index (κ1) is 14.9. The lowest BCUT2D eigenvalue weighted by atomic mass is 10.1. The van der Waals surface area contributed by atoms with Gasteiger partial charge in [-0.15, -0.1) is 0 Å². The first-order valence-electron chi connectivity index (χ1n) is 5.99. The first-order valence-corrected chi connectivity index (χ1v) is 7.54. The summed E-state index contributed by atoms with van der Waals surface area (Å²) >= 11 is 15.4. The van der Waals surface area contributed by atoms with Crippen LogP contribution in [-0.4, -0.2) is 0 Å². The molecule has 0 fully saturated rings. The molecule has 1 nitrogen and oxygen atoms in total. The summed E-state index contributed by atoms with van der Waals surface area (Å²) in [5, 5.41) is 4.65. The van der Waals surface area contributed by atoms with Gasteiger partial charge in [-0.05, 0) is 42.3 Å². The van der Waals surface area contributed by atoms with Crippen molar-refractivity contribution in [2.45, 2.75) is 19.5 Å². The van der Waals surface area contributed by atoms with E-state index < -0.39 is 0 Å². The van der Waals surface area contributed by atoms with Crippen LogP contribution < -0.4 is 5.32 Å². The van der Waals surface area contributed by atoms with Crippen molar-refractivity contribution >= 4 is 39.1 Å². The second kappa shape index (κ2) is 6.76. The van der Waals surface area contributed by atoms with E-state index in [2.05, 4.69) is 40.3 Å². The summed E-state index contributed by atoms with van der Waals surface area (Å²) in [5.74, 6) is 0. The summed E-state index contributed by atoms with van der Waals surface area (Å²) in [7, 11) is 0. The van der Waals surface area contributed by atoms with E-state index in [9.17, 15) is 0 Å². The van der Waals surface area contributed by atoms with Gasteiger partial charge >= 0.3 is 0 Å². The highest BCUT2D eigenvalue weighted by molar-refractivity contribution is 9.10. The van der Waals surface area contributed by atoms with Gasteiger partial charge in [0, 0.05) is 17.1 Å². The lowest BCUT2D eigenvalue weighted by Crippen LogP contribution is -2.18. The molecule has 1 unspecified atom stereocenters. The van der Waals surface area contributed by atoms with E-state index in [4.69, 9.17) is 23.2 Å². The van der Waals surface area contributed by atoms with Gasteiger partial charge in [0.05, 0.1) is 10.0 Å². The third-order valence-electron chi connectivity index (χ3n) is 2.95. The summed E-state index contributed by atoms with van der Waals surface area (Å²) in [6, 6.07) is 14.3. The molecule has 1 atom stereocenters. The summed E-state index contributed by atoms with van der Waals surface area (Å²) < 4.78 is 1.09. The molecular formula is C15H14BrCl2N. The predicted octanol–water partition coefficient (Wildman–Crippen LogP) is 5.61. The van der Waals surface area contributed by atoms with Crippen molar-refractivity contribution < 1.29 is 0 Å². The van der Waals surface area contributed by atoms with Crippen LogP contribution >= 0.6 is 39.1 Å². The number of hydrogen-bond acceptors (Lipinski definition) is 1. The maximum Gasteiger partial charge on any atom is 0.0595 e. The lowest BCUT2D eigenvalue weighted by molar-refractivity contribution is 0.574. The van der Waals surface area contributed by atoms with Gasteiger partial charge in [0.2, 0.25) is 0 Å². The zero-order chi connectivity index (χ0) is 13.8. The lowest BCUT2D eigenvalue weighted by Gasteiger charge is -2.15. The molecule has 0 saturated carbocycles. The van der Waals surface area contributed by atoms with Crippen LogP contribution in [0.5, 0.6) is 0 Å². The van der Waals surface area contributed by atoms with Gasteiger partial charge in [-0.2, -0.15) is 0 Å². The van der Waals surface area contributed by atoms with Crippen LogP contribution in [0.3, 0.4) is 0 Å². The van der Waals surface area contributed by atoms with Crippen LogP contribution in [0.25, 0.3) is 0 Å². The van der Waals surface area contributed by atoms with E-state index in [1.54, 1.807) is 0 Å². The average Bonchev–Trinajstić information content (AvgIpc) is 2.40. The largest absolute Gasteiger partial charge is 0.306 e. The maximum absolute atomic E-state index is 6.00. The Labute approximate surface area is 132 Å². The second-order valence-electron chi connectivity index (χ2n) is 4.41. The summed E-state index contributed by atoms with van der Waals surface area (Å²) in [4.78, 5) is 0. The topological polar surface area (TPSA) is 12.0 Å². The molecule has 0 aliphatic rings. The average molecular weight is 359 g/mol. The Bertz CT molecular complexity index is 572. The molecule has 0 amide bonds. The fourth-order valence-corrected chi connectivity index (χ4v) is 2.55. The van der Waals surface area contributed by atoms with E-state index in [0.717, 1.165) is 16.6 Å². The molecule has 0 spiro atoms. The molecule has 2 rings (SSSR count). The molecule has 0 radical (unpaired) electrons. The predicted molar refractivity (Wildman–Crippen MR) is 85.9 cm³/mol. The number of hydrogen-bond donors (Lipinski definition) is 1. The Balaban J connectivity index is 2.00.